The number of nitrogens with one attached hydrogen (secondary N) is 1. The number of hydrogen-bond donors (Lipinski definition) is 1. The third kappa shape index (κ3) is 5.00. The Bertz CT molecular complexity index is 330. The molecule has 0 spiro atoms. The summed E-state index contributed by atoms with van der Waals surface area (Å²) in [4.78, 5) is 8.51. The lowest BCUT2D eigenvalue weighted by atomic mass is 9.84. The van der Waals surface area contributed by atoms with Crippen molar-refractivity contribution in [1.82, 2.24) is 15.3 Å². The zero-order valence-electron chi connectivity index (χ0n) is 11.1. The molecule has 1 aromatic heterocycles. The first-order chi connectivity index (χ1) is 7.93. The van der Waals surface area contributed by atoms with Crippen molar-refractivity contribution < 1.29 is 0 Å². The second kappa shape index (κ2) is 6.31. The van der Waals surface area contributed by atoms with Gasteiger partial charge in [-0.1, -0.05) is 39.3 Å². The Morgan fingerprint density at radius 3 is 2.35 bits per heavy atom. The summed E-state index contributed by atoms with van der Waals surface area (Å²) in [6.07, 6.45) is 5.28. The molecule has 3 nitrogen and oxygen atoms in total. The van der Waals surface area contributed by atoms with E-state index in [4.69, 9.17) is 11.6 Å². The monoisotopic (exact) mass is 255 g/mol. The number of halogens is 1. The lowest BCUT2D eigenvalue weighted by molar-refractivity contribution is 0.263. The highest BCUT2D eigenvalue weighted by molar-refractivity contribution is 6.30. The van der Waals surface area contributed by atoms with Crippen molar-refractivity contribution in [2.24, 2.45) is 5.41 Å². The van der Waals surface area contributed by atoms with Gasteiger partial charge in [0.25, 0.3) is 0 Å². The van der Waals surface area contributed by atoms with Crippen LogP contribution < -0.4 is 5.32 Å². The van der Waals surface area contributed by atoms with Crippen LogP contribution in [0.4, 0.5) is 0 Å². The molecule has 1 unspecified atom stereocenters. The predicted molar refractivity (Wildman–Crippen MR) is 72.3 cm³/mol. The predicted octanol–water partition coefficient (Wildman–Crippen LogP) is 3.09. The summed E-state index contributed by atoms with van der Waals surface area (Å²) in [5.41, 5.74) is 0.193. The fourth-order valence-electron chi connectivity index (χ4n) is 1.63. The standard InChI is InChI=1S/C13H22ClN3/c1-5-6-15-11(13(2,3)4)7-12-16-8-10(14)9-17-12/h8-9,11,15H,5-7H2,1-4H3. The van der Waals surface area contributed by atoms with Crippen molar-refractivity contribution in [2.45, 2.75) is 46.6 Å². The average molecular weight is 256 g/mol. The maximum atomic E-state index is 5.78. The third-order valence-electron chi connectivity index (χ3n) is 2.75. The van der Waals surface area contributed by atoms with Crippen molar-refractivity contribution in [3.8, 4) is 0 Å². The first kappa shape index (κ1) is 14.4. The van der Waals surface area contributed by atoms with E-state index in [9.17, 15) is 0 Å². The van der Waals surface area contributed by atoms with E-state index in [1.54, 1.807) is 12.4 Å². The van der Waals surface area contributed by atoms with Gasteiger partial charge in [0.15, 0.2) is 0 Å². The van der Waals surface area contributed by atoms with E-state index in [0.717, 1.165) is 25.2 Å². The fourth-order valence-corrected chi connectivity index (χ4v) is 1.73. The summed E-state index contributed by atoms with van der Waals surface area (Å²) in [6.45, 7) is 9.89. The van der Waals surface area contributed by atoms with Crippen LogP contribution in [0.2, 0.25) is 5.02 Å². The van der Waals surface area contributed by atoms with Gasteiger partial charge in [0.1, 0.15) is 5.82 Å². The van der Waals surface area contributed by atoms with Crippen LogP contribution in [0.5, 0.6) is 0 Å². The number of nitrogens with zero attached hydrogens (tertiary/aromatic N) is 2. The van der Waals surface area contributed by atoms with Gasteiger partial charge < -0.3 is 5.32 Å². The highest BCUT2D eigenvalue weighted by Crippen LogP contribution is 2.21. The normalized spacial score (nSPS) is 13.7. The lowest BCUT2D eigenvalue weighted by Crippen LogP contribution is -2.42. The van der Waals surface area contributed by atoms with E-state index in [2.05, 4.69) is 43.0 Å². The maximum Gasteiger partial charge on any atom is 0.129 e. The molecule has 0 saturated carbocycles. The summed E-state index contributed by atoms with van der Waals surface area (Å²) in [5, 5.41) is 4.15. The van der Waals surface area contributed by atoms with Gasteiger partial charge in [-0.05, 0) is 18.4 Å². The van der Waals surface area contributed by atoms with Gasteiger partial charge >= 0.3 is 0 Å². The van der Waals surface area contributed by atoms with Gasteiger partial charge in [-0.25, -0.2) is 9.97 Å². The quantitative estimate of drug-likeness (QED) is 0.879. The Hall–Kier alpha value is -0.670. The van der Waals surface area contributed by atoms with Gasteiger partial charge in [-0.2, -0.15) is 0 Å². The zero-order valence-corrected chi connectivity index (χ0v) is 11.9. The van der Waals surface area contributed by atoms with Gasteiger partial charge in [0, 0.05) is 24.9 Å². The molecule has 4 heteroatoms. The van der Waals surface area contributed by atoms with E-state index in [0.29, 0.717) is 11.1 Å². The molecule has 1 rings (SSSR count). The van der Waals surface area contributed by atoms with E-state index in [1.165, 1.54) is 0 Å². The van der Waals surface area contributed by atoms with E-state index in [-0.39, 0.29) is 5.41 Å². The van der Waals surface area contributed by atoms with Crippen LogP contribution in [-0.2, 0) is 6.42 Å². The summed E-state index contributed by atoms with van der Waals surface area (Å²) in [5.74, 6) is 0.845. The smallest absolute Gasteiger partial charge is 0.129 e. The van der Waals surface area contributed by atoms with Crippen molar-refractivity contribution >= 4 is 11.6 Å². The molecule has 0 saturated heterocycles. The van der Waals surface area contributed by atoms with Gasteiger partial charge in [-0.15, -0.1) is 0 Å². The molecule has 1 aromatic rings. The van der Waals surface area contributed by atoms with Crippen molar-refractivity contribution in [3.05, 3.63) is 23.2 Å². The van der Waals surface area contributed by atoms with Crippen LogP contribution >= 0.6 is 11.6 Å². The molecule has 0 aromatic carbocycles. The zero-order chi connectivity index (χ0) is 12.9. The Balaban J connectivity index is 2.68. The third-order valence-corrected chi connectivity index (χ3v) is 2.94. The minimum absolute atomic E-state index is 0.193. The largest absolute Gasteiger partial charge is 0.313 e. The Kier molecular flexibility index (Phi) is 5.34. The van der Waals surface area contributed by atoms with Gasteiger partial charge in [0.2, 0.25) is 0 Å². The molecule has 0 aliphatic carbocycles. The van der Waals surface area contributed by atoms with Crippen molar-refractivity contribution in [2.75, 3.05) is 6.54 Å². The SMILES string of the molecule is CCCNC(Cc1ncc(Cl)cn1)C(C)(C)C. The summed E-state index contributed by atoms with van der Waals surface area (Å²) in [6, 6.07) is 0.378. The van der Waals surface area contributed by atoms with Crippen molar-refractivity contribution in [3.63, 3.8) is 0 Å². The van der Waals surface area contributed by atoms with Crippen LogP contribution in [-0.4, -0.2) is 22.6 Å². The number of rotatable bonds is 5. The fraction of sp³-hybridized carbons (Fsp3) is 0.692. The minimum atomic E-state index is 0.193. The molecule has 0 aliphatic rings. The molecular weight excluding hydrogens is 234 g/mol. The molecule has 96 valence electrons. The highest BCUT2D eigenvalue weighted by atomic mass is 35.5. The van der Waals surface area contributed by atoms with Gasteiger partial charge in [-0.3, -0.25) is 0 Å². The van der Waals surface area contributed by atoms with Gasteiger partial charge in [0.05, 0.1) is 5.02 Å². The average Bonchev–Trinajstić information content (AvgIpc) is 2.25. The summed E-state index contributed by atoms with van der Waals surface area (Å²) < 4.78 is 0. The molecule has 0 amide bonds. The second-order valence-electron chi connectivity index (χ2n) is 5.39. The van der Waals surface area contributed by atoms with E-state index >= 15 is 0 Å². The highest BCUT2D eigenvalue weighted by Gasteiger charge is 2.24. The van der Waals surface area contributed by atoms with Crippen LogP contribution in [0.1, 0.15) is 39.9 Å². The Morgan fingerprint density at radius 1 is 1.29 bits per heavy atom. The molecule has 1 N–H and O–H groups in total. The van der Waals surface area contributed by atoms with Crippen LogP contribution in [0.25, 0.3) is 0 Å². The molecule has 0 bridgehead atoms. The Morgan fingerprint density at radius 2 is 1.88 bits per heavy atom. The molecule has 0 fully saturated rings. The van der Waals surface area contributed by atoms with Crippen LogP contribution in [0.15, 0.2) is 12.4 Å². The number of aromatic nitrogens is 2. The van der Waals surface area contributed by atoms with E-state index < -0.39 is 0 Å². The lowest BCUT2D eigenvalue weighted by Gasteiger charge is -2.31. The maximum absolute atomic E-state index is 5.78. The summed E-state index contributed by atoms with van der Waals surface area (Å²) >= 11 is 5.78. The van der Waals surface area contributed by atoms with Crippen molar-refractivity contribution in [1.29, 1.82) is 0 Å². The first-order valence-electron chi connectivity index (χ1n) is 6.13. The molecule has 1 heterocycles. The van der Waals surface area contributed by atoms with E-state index in [1.807, 2.05) is 0 Å². The molecule has 0 radical (unpaired) electrons. The molecule has 17 heavy (non-hydrogen) atoms. The summed E-state index contributed by atoms with van der Waals surface area (Å²) in [7, 11) is 0. The van der Waals surface area contributed by atoms with Crippen LogP contribution in [0.3, 0.4) is 0 Å². The minimum Gasteiger partial charge on any atom is -0.313 e. The topological polar surface area (TPSA) is 37.8 Å². The molecular formula is C13H22ClN3. The van der Waals surface area contributed by atoms with Crippen LogP contribution in [0, 0.1) is 5.41 Å². The first-order valence-corrected chi connectivity index (χ1v) is 6.51. The molecule has 0 aliphatic heterocycles. The number of hydrogen-bond acceptors (Lipinski definition) is 3. The second-order valence-corrected chi connectivity index (χ2v) is 5.83. The molecule has 1 atom stereocenters. The Labute approximate surface area is 109 Å².